The molecule has 9 heteroatoms. The summed E-state index contributed by atoms with van der Waals surface area (Å²) in [6.07, 6.45) is 1.22. The van der Waals surface area contributed by atoms with Crippen molar-refractivity contribution in [2.45, 2.75) is 0 Å². The molecule has 0 atom stereocenters. The molecule has 3 rings (SSSR count). The molecule has 1 saturated heterocycles. The fraction of sp³-hybridized carbons (Fsp3) is 0.350. The van der Waals surface area contributed by atoms with Crippen molar-refractivity contribution in [2.75, 3.05) is 56.9 Å². The van der Waals surface area contributed by atoms with Crippen LogP contribution in [0.1, 0.15) is 10.4 Å². The van der Waals surface area contributed by atoms with E-state index >= 15 is 0 Å². The number of amides is 1. The lowest BCUT2D eigenvalue weighted by Crippen LogP contribution is -2.48. The lowest BCUT2D eigenvalue weighted by Gasteiger charge is -2.35. The van der Waals surface area contributed by atoms with E-state index in [-0.39, 0.29) is 5.91 Å². The zero-order valence-electron chi connectivity index (χ0n) is 16.7. The van der Waals surface area contributed by atoms with Gasteiger partial charge in [0.1, 0.15) is 0 Å². The molecule has 2 aromatic carbocycles. The summed E-state index contributed by atoms with van der Waals surface area (Å²) in [7, 11) is -0.136. The Kier molecular flexibility index (Phi) is 6.29. The summed E-state index contributed by atoms with van der Waals surface area (Å²) >= 11 is 0. The Morgan fingerprint density at radius 1 is 0.966 bits per heavy atom. The third-order valence-corrected chi connectivity index (χ3v) is 6.15. The number of nitrogens with zero attached hydrogens (tertiary/aromatic N) is 2. The van der Waals surface area contributed by atoms with Crippen molar-refractivity contribution in [3.05, 3.63) is 48.0 Å². The third kappa shape index (κ3) is 4.80. The van der Waals surface area contributed by atoms with Crippen LogP contribution in [0.2, 0.25) is 0 Å². The van der Waals surface area contributed by atoms with Crippen molar-refractivity contribution >= 4 is 27.3 Å². The molecule has 1 heterocycles. The Morgan fingerprint density at radius 3 is 2.24 bits per heavy atom. The second kappa shape index (κ2) is 8.71. The van der Waals surface area contributed by atoms with Crippen LogP contribution in [0.5, 0.6) is 11.5 Å². The summed E-state index contributed by atoms with van der Waals surface area (Å²) < 4.78 is 35.4. The van der Waals surface area contributed by atoms with Gasteiger partial charge in [0.05, 0.1) is 31.9 Å². The summed E-state index contributed by atoms with van der Waals surface area (Å²) in [6.45, 7) is 1.93. The quantitative estimate of drug-likeness (QED) is 0.771. The first kappa shape index (κ1) is 20.9. The van der Waals surface area contributed by atoms with Crippen LogP contribution in [0.3, 0.4) is 0 Å². The minimum Gasteiger partial charge on any atom is -0.493 e. The van der Waals surface area contributed by atoms with Crippen molar-refractivity contribution in [1.29, 1.82) is 0 Å². The molecule has 156 valence electrons. The number of carbonyl (C=O) groups excluding carboxylic acids is 1. The zero-order valence-corrected chi connectivity index (χ0v) is 17.5. The van der Waals surface area contributed by atoms with E-state index in [4.69, 9.17) is 9.47 Å². The van der Waals surface area contributed by atoms with Crippen molar-refractivity contribution in [3.63, 3.8) is 0 Å². The first-order chi connectivity index (χ1) is 13.8. The van der Waals surface area contributed by atoms with Crippen molar-refractivity contribution in [3.8, 4) is 11.5 Å². The van der Waals surface area contributed by atoms with Gasteiger partial charge in [-0.3, -0.25) is 4.79 Å². The van der Waals surface area contributed by atoms with Gasteiger partial charge < -0.3 is 19.7 Å². The van der Waals surface area contributed by atoms with Crippen LogP contribution in [0.4, 0.5) is 11.4 Å². The summed E-state index contributed by atoms with van der Waals surface area (Å²) in [5.41, 5.74) is 1.97. The molecule has 1 fully saturated rings. The van der Waals surface area contributed by atoms with E-state index < -0.39 is 10.0 Å². The van der Waals surface area contributed by atoms with Gasteiger partial charge in [-0.15, -0.1) is 0 Å². The smallest absolute Gasteiger partial charge is 0.255 e. The molecule has 0 saturated carbocycles. The van der Waals surface area contributed by atoms with Gasteiger partial charge in [-0.2, -0.15) is 4.31 Å². The first-order valence-corrected chi connectivity index (χ1v) is 11.0. The maximum absolute atomic E-state index is 12.8. The zero-order chi connectivity index (χ0) is 21.0. The van der Waals surface area contributed by atoms with Crippen LogP contribution in [0.25, 0.3) is 0 Å². The minimum atomic E-state index is -3.19. The Labute approximate surface area is 171 Å². The van der Waals surface area contributed by atoms with E-state index in [0.29, 0.717) is 48.9 Å². The van der Waals surface area contributed by atoms with Gasteiger partial charge in [-0.1, -0.05) is 12.1 Å². The van der Waals surface area contributed by atoms with Crippen LogP contribution in [-0.4, -0.2) is 65.3 Å². The number of benzene rings is 2. The Bertz CT molecular complexity index is 985. The number of ether oxygens (including phenoxy) is 2. The monoisotopic (exact) mass is 419 g/mol. The van der Waals surface area contributed by atoms with E-state index in [1.807, 2.05) is 24.3 Å². The lowest BCUT2D eigenvalue weighted by molar-refractivity contribution is 0.102. The highest BCUT2D eigenvalue weighted by molar-refractivity contribution is 7.88. The molecular formula is C20H25N3O5S. The van der Waals surface area contributed by atoms with Gasteiger partial charge >= 0.3 is 0 Å². The highest BCUT2D eigenvalue weighted by Crippen LogP contribution is 2.30. The highest BCUT2D eigenvalue weighted by atomic mass is 32.2. The van der Waals surface area contributed by atoms with E-state index in [1.165, 1.54) is 24.8 Å². The molecule has 0 aliphatic carbocycles. The molecule has 1 aliphatic heterocycles. The fourth-order valence-corrected chi connectivity index (χ4v) is 4.11. The summed E-state index contributed by atoms with van der Waals surface area (Å²) in [5, 5.41) is 2.95. The maximum atomic E-state index is 12.8. The van der Waals surface area contributed by atoms with Crippen LogP contribution < -0.4 is 19.7 Å². The SMILES string of the molecule is COc1ccc(C(=O)Nc2ccccc2N2CCN(S(C)(=O)=O)CC2)cc1OC. The normalized spacial score (nSPS) is 15.1. The number of sulfonamides is 1. The Morgan fingerprint density at radius 2 is 1.62 bits per heavy atom. The average molecular weight is 420 g/mol. The predicted octanol–water partition coefficient (Wildman–Crippen LogP) is 2.04. The largest absolute Gasteiger partial charge is 0.493 e. The lowest BCUT2D eigenvalue weighted by atomic mass is 10.1. The standard InChI is InChI=1S/C20H25N3O5S/c1-27-18-9-8-15(14-19(18)28-2)20(24)21-16-6-4-5-7-17(16)22-10-12-23(13-11-22)29(3,25)26/h4-9,14H,10-13H2,1-3H3,(H,21,24). The molecule has 0 bridgehead atoms. The van der Waals surface area contributed by atoms with Crippen molar-refractivity contribution in [2.24, 2.45) is 0 Å². The fourth-order valence-electron chi connectivity index (χ4n) is 3.29. The number of para-hydroxylation sites is 2. The Hall–Kier alpha value is -2.78. The summed E-state index contributed by atoms with van der Waals surface area (Å²) in [5.74, 6) is 0.756. The highest BCUT2D eigenvalue weighted by Gasteiger charge is 2.25. The molecule has 2 aromatic rings. The van der Waals surface area contributed by atoms with Crippen LogP contribution in [0, 0.1) is 0 Å². The second-order valence-electron chi connectivity index (χ2n) is 6.69. The van der Waals surface area contributed by atoms with Gasteiger partial charge in [0.2, 0.25) is 10.0 Å². The van der Waals surface area contributed by atoms with Gasteiger partial charge in [-0.05, 0) is 30.3 Å². The van der Waals surface area contributed by atoms with Crippen molar-refractivity contribution in [1.82, 2.24) is 4.31 Å². The summed E-state index contributed by atoms with van der Waals surface area (Å²) in [6, 6.07) is 12.5. The molecule has 8 nitrogen and oxygen atoms in total. The molecule has 0 unspecified atom stereocenters. The Balaban J connectivity index is 1.77. The molecule has 1 aliphatic rings. The predicted molar refractivity (Wildman–Crippen MR) is 113 cm³/mol. The molecule has 1 amide bonds. The number of rotatable bonds is 6. The number of anilines is 2. The molecule has 0 spiro atoms. The molecular weight excluding hydrogens is 394 g/mol. The van der Waals surface area contributed by atoms with Gasteiger partial charge in [-0.25, -0.2) is 8.42 Å². The van der Waals surface area contributed by atoms with Gasteiger partial charge in [0, 0.05) is 31.7 Å². The first-order valence-electron chi connectivity index (χ1n) is 9.16. The van der Waals surface area contributed by atoms with Gasteiger partial charge in [0.25, 0.3) is 5.91 Å². The molecule has 29 heavy (non-hydrogen) atoms. The van der Waals surface area contributed by atoms with E-state index in [2.05, 4.69) is 10.2 Å². The molecule has 0 radical (unpaired) electrons. The van der Waals surface area contributed by atoms with Crippen LogP contribution in [-0.2, 0) is 10.0 Å². The number of nitrogens with one attached hydrogen (secondary N) is 1. The average Bonchev–Trinajstić information content (AvgIpc) is 2.73. The minimum absolute atomic E-state index is 0.270. The second-order valence-corrected chi connectivity index (χ2v) is 8.67. The van der Waals surface area contributed by atoms with Gasteiger partial charge in [0.15, 0.2) is 11.5 Å². The topological polar surface area (TPSA) is 88.2 Å². The maximum Gasteiger partial charge on any atom is 0.255 e. The van der Waals surface area contributed by atoms with Crippen molar-refractivity contribution < 1.29 is 22.7 Å². The third-order valence-electron chi connectivity index (χ3n) is 4.85. The van der Waals surface area contributed by atoms with E-state index in [1.54, 1.807) is 18.2 Å². The molecule has 0 aromatic heterocycles. The van der Waals surface area contributed by atoms with Crippen LogP contribution in [0.15, 0.2) is 42.5 Å². The molecule has 1 N–H and O–H groups in total. The van der Waals surface area contributed by atoms with E-state index in [9.17, 15) is 13.2 Å². The summed E-state index contributed by atoms with van der Waals surface area (Å²) in [4.78, 5) is 14.9. The number of hydrogen-bond acceptors (Lipinski definition) is 6. The van der Waals surface area contributed by atoms with E-state index in [0.717, 1.165) is 5.69 Å². The number of carbonyl (C=O) groups is 1. The van der Waals surface area contributed by atoms with Crippen LogP contribution >= 0.6 is 0 Å². The number of methoxy groups -OCH3 is 2. The number of piperazine rings is 1. The number of hydrogen-bond donors (Lipinski definition) is 1.